The second kappa shape index (κ2) is 5.52. The lowest BCUT2D eigenvalue weighted by Crippen LogP contribution is -2.17. The zero-order valence-corrected chi connectivity index (χ0v) is 9.50. The highest BCUT2D eigenvalue weighted by molar-refractivity contribution is 5.98. The number of ether oxygens (including phenoxy) is 1. The lowest BCUT2D eigenvalue weighted by molar-refractivity contribution is -0.144. The summed E-state index contributed by atoms with van der Waals surface area (Å²) in [4.78, 5) is 22.7. The van der Waals surface area contributed by atoms with Crippen LogP contribution in [-0.4, -0.2) is 18.9 Å². The summed E-state index contributed by atoms with van der Waals surface area (Å²) in [5, 5.41) is 0. The molecule has 0 aliphatic heterocycles. The Hall–Kier alpha value is -1.78. The first-order valence-electron chi connectivity index (χ1n) is 5.01. The number of ketones is 1. The quantitative estimate of drug-likeness (QED) is 0.601. The van der Waals surface area contributed by atoms with Gasteiger partial charge in [-0.1, -0.05) is 6.92 Å². The molecule has 0 radical (unpaired) electrons. The molecule has 92 valence electrons. The van der Waals surface area contributed by atoms with Gasteiger partial charge in [0, 0.05) is 18.1 Å². The molecule has 0 heterocycles. The van der Waals surface area contributed by atoms with Gasteiger partial charge < -0.3 is 4.74 Å². The minimum Gasteiger partial charge on any atom is -0.469 e. The molecule has 0 aliphatic carbocycles. The molecule has 17 heavy (non-hydrogen) atoms. The van der Waals surface area contributed by atoms with Gasteiger partial charge in [-0.15, -0.1) is 0 Å². The standard InChI is InChI=1S/C12H12F2O3/c1-7(12(16)17-2)3-11(15)8-4-9(13)6-10(14)5-8/h4-7H,3H2,1-2H3. The highest BCUT2D eigenvalue weighted by atomic mass is 19.1. The van der Waals surface area contributed by atoms with Gasteiger partial charge in [-0.25, -0.2) is 8.78 Å². The maximum atomic E-state index is 12.9. The zero-order chi connectivity index (χ0) is 13.0. The first-order chi connectivity index (χ1) is 7.93. The maximum Gasteiger partial charge on any atom is 0.308 e. The van der Waals surface area contributed by atoms with Crippen molar-refractivity contribution in [3.63, 3.8) is 0 Å². The number of methoxy groups -OCH3 is 1. The third-order valence-electron chi connectivity index (χ3n) is 2.28. The third kappa shape index (κ3) is 3.62. The topological polar surface area (TPSA) is 43.4 Å². The van der Waals surface area contributed by atoms with Crippen LogP contribution in [0.3, 0.4) is 0 Å². The van der Waals surface area contributed by atoms with E-state index in [1.54, 1.807) is 0 Å². The Morgan fingerprint density at radius 3 is 2.24 bits per heavy atom. The van der Waals surface area contributed by atoms with Crippen LogP contribution in [0.25, 0.3) is 0 Å². The fraction of sp³-hybridized carbons (Fsp3) is 0.333. The molecule has 0 fully saturated rings. The Morgan fingerprint density at radius 2 is 1.76 bits per heavy atom. The summed E-state index contributed by atoms with van der Waals surface area (Å²) in [5.41, 5.74) is -0.0850. The zero-order valence-electron chi connectivity index (χ0n) is 9.50. The van der Waals surface area contributed by atoms with Crippen molar-refractivity contribution in [1.82, 2.24) is 0 Å². The second-order valence-corrected chi connectivity index (χ2v) is 3.71. The fourth-order valence-corrected chi connectivity index (χ4v) is 1.40. The normalized spacial score (nSPS) is 12.0. The van der Waals surface area contributed by atoms with Crippen LogP contribution >= 0.6 is 0 Å². The number of carbonyl (C=O) groups excluding carboxylic acids is 2. The number of Topliss-reactive ketones (excluding diaryl/α,β-unsaturated/α-hetero) is 1. The molecular weight excluding hydrogens is 230 g/mol. The van der Waals surface area contributed by atoms with Crippen LogP contribution in [0.4, 0.5) is 8.78 Å². The van der Waals surface area contributed by atoms with Crippen molar-refractivity contribution in [2.24, 2.45) is 5.92 Å². The van der Waals surface area contributed by atoms with E-state index in [4.69, 9.17) is 0 Å². The van der Waals surface area contributed by atoms with E-state index in [0.717, 1.165) is 12.1 Å². The Kier molecular flexibility index (Phi) is 4.31. The minimum absolute atomic E-state index is 0.0850. The predicted octanol–water partition coefficient (Wildman–Crippen LogP) is 2.35. The van der Waals surface area contributed by atoms with Crippen molar-refractivity contribution in [2.75, 3.05) is 7.11 Å². The number of carbonyl (C=O) groups is 2. The van der Waals surface area contributed by atoms with Crippen LogP contribution in [0.1, 0.15) is 23.7 Å². The van der Waals surface area contributed by atoms with E-state index < -0.39 is 29.3 Å². The Morgan fingerprint density at radius 1 is 1.24 bits per heavy atom. The molecule has 1 atom stereocenters. The van der Waals surface area contributed by atoms with Gasteiger partial charge in [0.05, 0.1) is 13.0 Å². The lowest BCUT2D eigenvalue weighted by atomic mass is 10.00. The van der Waals surface area contributed by atoms with E-state index in [-0.39, 0.29) is 12.0 Å². The molecule has 1 aromatic carbocycles. The van der Waals surface area contributed by atoms with E-state index in [1.165, 1.54) is 14.0 Å². The number of halogens is 2. The van der Waals surface area contributed by atoms with Crippen molar-refractivity contribution < 1.29 is 23.1 Å². The number of esters is 1. The highest BCUT2D eigenvalue weighted by Crippen LogP contribution is 2.14. The smallest absolute Gasteiger partial charge is 0.308 e. The van der Waals surface area contributed by atoms with Crippen LogP contribution in [0.15, 0.2) is 18.2 Å². The first kappa shape index (κ1) is 13.3. The summed E-state index contributed by atoms with van der Waals surface area (Å²) < 4.78 is 30.2. The summed E-state index contributed by atoms with van der Waals surface area (Å²) in [6.45, 7) is 1.51. The van der Waals surface area contributed by atoms with Crippen LogP contribution < -0.4 is 0 Å². The Balaban J connectivity index is 2.79. The van der Waals surface area contributed by atoms with E-state index >= 15 is 0 Å². The molecule has 0 amide bonds. The molecule has 0 bridgehead atoms. The van der Waals surface area contributed by atoms with Crippen LogP contribution in [-0.2, 0) is 9.53 Å². The molecule has 0 N–H and O–H groups in total. The summed E-state index contributed by atoms with van der Waals surface area (Å²) >= 11 is 0. The highest BCUT2D eigenvalue weighted by Gasteiger charge is 2.19. The van der Waals surface area contributed by atoms with Gasteiger partial charge in [-0.05, 0) is 12.1 Å². The summed E-state index contributed by atoms with van der Waals surface area (Å²) in [5.74, 6) is -3.31. The van der Waals surface area contributed by atoms with Crippen LogP contribution in [0, 0.1) is 17.6 Å². The molecule has 1 rings (SSSR count). The maximum absolute atomic E-state index is 12.9. The SMILES string of the molecule is COC(=O)C(C)CC(=O)c1cc(F)cc(F)c1. The lowest BCUT2D eigenvalue weighted by Gasteiger charge is -2.08. The fourth-order valence-electron chi connectivity index (χ4n) is 1.40. The predicted molar refractivity (Wildman–Crippen MR) is 56.5 cm³/mol. The van der Waals surface area contributed by atoms with Gasteiger partial charge in [0.15, 0.2) is 5.78 Å². The number of hydrogen-bond donors (Lipinski definition) is 0. The van der Waals surface area contributed by atoms with E-state index in [2.05, 4.69) is 4.74 Å². The molecule has 1 unspecified atom stereocenters. The van der Waals surface area contributed by atoms with E-state index in [1.807, 2.05) is 0 Å². The van der Waals surface area contributed by atoms with Gasteiger partial charge >= 0.3 is 5.97 Å². The van der Waals surface area contributed by atoms with Gasteiger partial charge in [-0.2, -0.15) is 0 Å². The van der Waals surface area contributed by atoms with E-state index in [0.29, 0.717) is 6.07 Å². The van der Waals surface area contributed by atoms with E-state index in [9.17, 15) is 18.4 Å². The average molecular weight is 242 g/mol. The minimum atomic E-state index is -0.820. The average Bonchev–Trinajstić information content (AvgIpc) is 2.26. The van der Waals surface area contributed by atoms with Crippen molar-refractivity contribution in [2.45, 2.75) is 13.3 Å². The molecule has 1 aromatic rings. The summed E-state index contributed by atoms with van der Waals surface area (Å²) in [6, 6.07) is 2.56. The van der Waals surface area contributed by atoms with Crippen molar-refractivity contribution in [3.8, 4) is 0 Å². The molecule has 3 nitrogen and oxygen atoms in total. The molecule has 0 aliphatic rings. The molecular formula is C12H12F2O3. The summed E-state index contributed by atoms with van der Waals surface area (Å²) in [7, 11) is 1.21. The largest absolute Gasteiger partial charge is 0.469 e. The number of rotatable bonds is 4. The third-order valence-corrected chi connectivity index (χ3v) is 2.28. The first-order valence-corrected chi connectivity index (χ1v) is 5.01. The van der Waals surface area contributed by atoms with Gasteiger partial charge in [-0.3, -0.25) is 9.59 Å². The van der Waals surface area contributed by atoms with Crippen LogP contribution in [0.5, 0.6) is 0 Å². The van der Waals surface area contributed by atoms with Gasteiger partial charge in [0.2, 0.25) is 0 Å². The number of benzene rings is 1. The molecule has 0 saturated carbocycles. The summed E-state index contributed by atoms with van der Waals surface area (Å²) in [6.07, 6.45) is -0.143. The van der Waals surface area contributed by atoms with Gasteiger partial charge in [0.1, 0.15) is 11.6 Å². The molecule has 0 spiro atoms. The van der Waals surface area contributed by atoms with Gasteiger partial charge in [0.25, 0.3) is 0 Å². The Labute approximate surface area is 97.4 Å². The molecule has 5 heteroatoms. The molecule has 0 aromatic heterocycles. The van der Waals surface area contributed by atoms with Crippen molar-refractivity contribution >= 4 is 11.8 Å². The molecule has 0 saturated heterocycles. The van der Waals surface area contributed by atoms with Crippen molar-refractivity contribution in [3.05, 3.63) is 35.4 Å². The second-order valence-electron chi connectivity index (χ2n) is 3.71. The van der Waals surface area contributed by atoms with Crippen molar-refractivity contribution in [1.29, 1.82) is 0 Å². The number of hydrogen-bond acceptors (Lipinski definition) is 3. The van der Waals surface area contributed by atoms with Crippen LogP contribution in [0.2, 0.25) is 0 Å². The monoisotopic (exact) mass is 242 g/mol. The Bertz CT molecular complexity index is 423.